The summed E-state index contributed by atoms with van der Waals surface area (Å²) in [6.07, 6.45) is 8.31. The number of amidine groups is 1. The first-order valence-corrected chi connectivity index (χ1v) is 12.5. The van der Waals surface area contributed by atoms with Crippen molar-refractivity contribution in [2.75, 3.05) is 26.3 Å². The van der Waals surface area contributed by atoms with Crippen LogP contribution in [0.15, 0.2) is 94.4 Å². The minimum Gasteiger partial charge on any atom is -1.00 e. The summed E-state index contributed by atoms with van der Waals surface area (Å²) < 4.78 is 5.54. The largest absolute Gasteiger partial charge is 1.00 e. The molecule has 1 atom stereocenters. The van der Waals surface area contributed by atoms with Gasteiger partial charge in [0.05, 0.1) is 42.4 Å². The smallest absolute Gasteiger partial charge is 0.243 e. The monoisotopic (exact) mass is 497 g/mol. The van der Waals surface area contributed by atoms with Crippen LogP contribution in [-0.4, -0.2) is 54.3 Å². The van der Waals surface area contributed by atoms with Gasteiger partial charge in [0.25, 0.3) is 0 Å². The van der Waals surface area contributed by atoms with Crippen LogP contribution < -0.4 is 17.3 Å². The van der Waals surface area contributed by atoms with E-state index in [1.165, 1.54) is 29.1 Å². The summed E-state index contributed by atoms with van der Waals surface area (Å²) in [5.74, 6) is 1.53. The van der Waals surface area contributed by atoms with E-state index in [9.17, 15) is 0 Å². The summed E-state index contributed by atoms with van der Waals surface area (Å²) >= 11 is 0. The minimum absolute atomic E-state index is 0. The van der Waals surface area contributed by atoms with Crippen LogP contribution in [0.1, 0.15) is 18.4 Å². The number of nitrogens with one attached hydrogen (secondary N) is 1. The van der Waals surface area contributed by atoms with Gasteiger partial charge in [0, 0.05) is 36.0 Å². The van der Waals surface area contributed by atoms with E-state index in [1.807, 2.05) is 18.5 Å². The Morgan fingerprint density at radius 3 is 2.56 bits per heavy atom. The number of hydrogen-bond acceptors (Lipinski definition) is 5. The van der Waals surface area contributed by atoms with Crippen molar-refractivity contribution in [3.05, 3.63) is 90.0 Å². The number of morpholine rings is 1. The number of rotatable bonds is 4. The summed E-state index contributed by atoms with van der Waals surface area (Å²) in [5.41, 5.74) is 6.63. The molecule has 1 saturated heterocycles. The molecule has 1 unspecified atom stereocenters. The molecular weight excluding hydrogens is 470 g/mol. The summed E-state index contributed by atoms with van der Waals surface area (Å²) in [7, 11) is 0. The Labute approximate surface area is 217 Å². The molecule has 0 spiro atoms. The maximum Gasteiger partial charge on any atom is 0.243 e. The van der Waals surface area contributed by atoms with Gasteiger partial charge < -0.3 is 17.1 Å². The number of quaternary nitrogens is 1. The molecule has 7 heteroatoms. The van der Waals surface area contributed by atoms with Gasteiger partial charge in [-0.15, -0.1) is 0 Å². The van der Waals surface area contributed by atoms with E-state index in [4.69, 9.17) is 14.7 Å². The number of fused-ring (bicyclic) bond motifs is 2. The molecule has 0 bridgehead atoms. The number of allylic oxidation sites excluding steroid dienone is 2. The maximum atomic E-state index is 5.54. The van der Waals surface area contributed by atoms with Crippen LogP contribution in [0.5, 0.6) is 0 Å². The van der Waals surface area contributed by atoms with Crippen molar-refractivity contribution < 1.29 is 22.0 Å². The number of aromatic nitrogens is 1. The molecule has 0 radical (unpaired) electrons. The van der Waals surface area contributed by atoms with E-state index in [-0.39, 0.29) is 12.4 Å². The molecule has 3 aromatic rings. The average molecular weight is 498 g/mol. The highest BCUT2D eigenvalue weighted by atomic mass is 35.5. The van der Waals surface area contributed by atoms with Crippen LogP contribution in [0.2, 0.25) is 0 Å². The molecule has 4 aliphatic rings. The van der Waals surface area contributed by atoms with Gasteiger partial charge in [-0.25, -0.2) is 9.88 Å². The standard InChI is InChI=1S/C29H27N5O.ClH/c1-2-4-20(5-3-1)25-9-8-21-6-7-22(18-26(21)31-25)29-32-28(27-19-30-10-11-34(27)29)23-16-24(17-23)33-12-14-35-15-13-33;/h1-11,18-19,23-24H,12-17H2;1H. The molecule has 6 nitrogen and oxygen atoms in total. The number of pyridine rings is 1. The van der Waals surface area contributed by atoms with Crippen molar-refractivity contribution in [1.29, 1.82) is 0 Å². The van der Waals surface area contributed by atoms with Gasteiger partial charge in [0.15, 0.2) is 5.70 Å². The highest BCUT2D eigenvalue weighted by molar-refractivity contribution is 6.01. The van der Waals surface area contributed by atoms with E-state index in [1.54, 1.807) is 0 Å². The third-order valence-electron chi connectivity index (χ3n) is 7.68. The zero-order valence-corrected chi connectivity index (χ0v) is 20.7. The van der Waals surface area contributed by atoms with Crippen LogP contribution in [0.4, 0.5) is 0 Å². The summed E-state index contributed by atoms with van der Waals surface area (Å²) in [6, 6.07) is 21.8. The van der Waals surface area contributed by atoms with Crippen LogP contribution in [0.3, 0.4) is 0 Å². The first kappa shape index (κ1) is 23.3. The molecular formula is C29H28ClN5O. The number of benzene rings is 2. The van der Waals surface area contributed by atoms with E-state index in [2.05, 4.69) is 70.7 Å². The predicted molar refractivity (Wildman–Crippen MR) is 138 cm³/mol. The molecule has 3 aliphatic heterocycles. The third kappa shape index (κ3) is 4.10. The van der Waals surface area contributed by atoms with Crippen molar-refractivity contribution in [1.82, 2.24) is 9.88 Å². The van der Waals surface area contributed by atoms with Gasteiger partial charge in [-0.2, -0.15) is 4.99 Å². The lowest BCUT2D eigenvalue weighted by atomic mass is 9.76. The molecule has 2 aromatic carbocycles. The summed E-state index contributed by atoms with van der Waals surface area (Å²) in [5, 5.41) is 1.14. The average Bonchev–Trinajstić information content (AvgIpc) is 3.28. The Hall–Kier alpha value is -3.16. The summed E-state index contributed by atoms with van der Waals surface area (Å²) in [4.78, 5) is 18.4. The first-order valence-electron chi connectivity index (χ1n) is 12.5. The molecule has 1 saturated carbocycles. The molecule has 2 fully saturated rings. The fraction of sp³-hybridized carbons (Fsp3) is 0.276. The molecule has 1 N–H and O–H groups in total. The molecule has 36 heavy (non-hydrogen) atoms. The quantitative estimate of drug-likeness (QED) is 0.569. The third-order valence-corrected chi connectivity index (χ3v) is 7.68. The first-order chi connectivity index (χ1) is 17.3. The van der Waals surface area contributed by atoms with E-state index in [0.29, 0.717) is 12.0 Å². The van der Waals surface area contributed by atoms with Gasteiger partial charge in [-0.3, -0.25) is 9.89 Å². The lowest BCUT2D eigenvalue weighted by Crippen LogP contribution is -3.08. The number of ether oxygens (including phenoxy) is 1. The van der Waals surface area contributed by atoms with Crippen molar-refractivity contribution in [2.24, 2.45) is 15.9 Å². The molecule has 1 aliphatic carbocycles. The van der Waals surface area contributed by atoms with E-state index >= 15 is 0 Å². The SMILES string of the molecule is C1=C[NH+]2C(c3ccc4ccc(-c5ccccc5)nc4c3)=NC(C3CC(N4CCOCC4)C3)=C2C=N1.[Cl-]. The maximum absolute atomic E-state index is 5.54. The lowest BCUT2D eigenvalue weighted by molar-refractivity contribution is -0.689. The van der Waals surface area contributed by atoms with Crippen LogP contribution in [0.25, 0.3) is 22.2 Å². The van der Waals surface area contributed by atoms with Gasteiger partial charge >= 0.3 is 0 Å². The van der Waals surface area contributed by atoms with Crippen molar-refractivity contribution in [3.8, 4) is 11.3 Å². The molecule has 4 heterocycles. The zero-order chi connectivity index (χ0) is 23.2. The van der Waals surface area contributed by atoms with Gasteiger partial charge in [0.2, 0.25) is 5.84 Å². The highest BCUT2D eigenvalue weighted by Gasteiger charge is 2.43. The molecule has 1 aromatic heterocycles. The van der Waals surface area contributed by atoms with Crippen molar-refractivity contribution >= 4 is 23.0 Å². The Balaban J connectivity index is 0.00000240. The minimum atomic E-state index is 0. The van der Waals surface area contributed by atoms with Gasteiger partial charge in [0.1, 0.15) is 11.9 Å². The number of halogens is 1. The molecule has 0 amide bonds. The van der Waals surface area contributed by atoms with Crippen LogP contribution >= 0.6 is 0 Å². The Morgan fingerprint density at radius 2 is 1.72 bits per heavy atom. The van der Waals surface area contributed by atoms with E-state index < -0.39 is 0 Å². The fourth-order valence-electron chi connectivity index (χ4n) is 5.66. The van der Waals surface area contributed by atoms with Crippen LogP contribution in [-0.2, 0) is 4.74 Å². The van der Waals surface area contributed by atoms with E-state index in [0.717, 1.165) is 59.9 Å². The number of hydrogen-bond donors (Lipinski definition) is 1. The normalized spacial score (nSPS) is 25.3. The second-order valence-corrected chi connectivity index (χ2v) is 9.71. The second-order valence-electron chi connectivity index (χ2n) is 9.71. The Kier molecular flexibility index (Phi) is 6.27. The number of nitrogens with zero attached hydrogens (tertiary/aromatic N) is 4. The predicted octanol–water partition coefficient (Wildman–Crippen LogP) is 0.429. The van der Waals surface area contributed by atoms with Crippen molar-refractivity contribution in [2.45, 2.75) is 18.9 Å². The number of aliphatic imine (C=N–C) groups is 2. The second kappa shape index (κ2) is 9.71. The van der Waals surface area contributed by atoms with Crippen molar-refractivity contribution in [3.63, 3.8) is 0 Å². The zero-order valence-electron chi connectivity index (χ0n) is 20.0. The Bertz CT molecular complexity index is 1400. The fourth-order valence-corrected chi connectivity index (χ4v) is 5.66. The molecule has 7 rings (SSSR count). The topological polar surface area (TPSA) is 54.5 Å². The molecule has 182 valence electrons. The van der Waals surface area contributed by atoms with Gasteiger partial charge in [-0.1, -0.05) is 42.5 Å². The van der Waals surface area contributed by atoms with Gasteiger partial charge in [-0.05, 0) is 31.0 Å². The highest BCUT2D eigenvalue weighted by Crippen LogP contribution is 2.39. The summed E-state index contributed by atoms with van der Waals surface area (Å²) in [6.45, 7) is 3.81. The lowest BCUT2D eigenvalue weighted by Gasteiger charge is -2.44. The van der Waals surface area contributed by atoms with Crippen LogP contribution in [0, 0.1) is 5.92 Å². The Morgan fingerprint density at radius 1 is 0.917 bits per heavy atom.